The topological polar surface area (TPSA) is 79.0 Å². The number of rotatable bonds is 9. The summed E-state index contributed by atoms with van der Waals surface area (Å²) in [5.74, 6) is 0.892. The first-order chi connectivity index (χ1) is 13.6. The van der Waals surface area contributed by atoms with Crippen LogP contribution in [0, 0.1) is 5.92 Å². The molecule has 0 aromatic heterocycles. The van der Waals surface area contributed by atoms with Crippen molar-refractivity contribution in [2.75, 3.05) is 43.8 Å². The minimum Gasteiger partial charge on any atom is -0.495 e. The van der Waals surface area contributed by atoms with Crippen molar-refractivity contribution in [3.8, 4) is 5.75 Å². The molecule has 0 unspecified atom stereocenters. The number of carbonyl (C=O) groups excluding carboxylic acids is 1. The summed E-state index contributed by atoms with van der Waals surface area (Å²) >= 11 is 6.14. The number of benzene rings is 1. The SMILES string of the molecule is COc1ccc(N([C@@H](C)C(=O)NCCCN2CCC(C)CC2)S(C)(=O)=O)cc1Cl. The van der Waals surface area contributed by atoms with Gasteiger partial charge in [0.15, 0.2) is 0 Å². The summed E-state index contributed by atoms with van der Waals surface area (Å²) in [6.45, 7) is 7.50. The number of piperidine rings is 1. The van der Waals surface area contributed by atoms with Crippen LogP contribution in [0.15, 0.2) is 18.2 Å². The molecular formula is C20H32ClN3O4S. The number of likely N-dealkylation sites (tertiary alicyclic amines) is 1. The van der Waals surface area contributed by atoms with Gasteiger partial charge >= 0.3 is 0 Å². The summed E-state index contributed by atoms with van der Waals surface area (Å²) in [4.78, 5) is 15.0. The van der Waals surface area contributed by atoms with E-state index in [1.54, 1.807) is 19.1 Å². The maximum Gasteiger partial charge on any atom is 0.243 e. The van der Waals surface area contributed by atoms with Crippen LogP contribution in [0.2, 0.25) is 5.02 Å². The monoisotopic (exact) mass is 445 g/mol. The molecule has 1 aliphatic rings. The van der Waals surface area contributed by atoms with Crippen LogP contribution in [0.4, 0.5) is 5.69 Å². The lowest BCUT2D eigenvalue weighted by Gasteiger charge is -2.30. The van der Waals surface area contributed by atoms with E-state index in [0.29, 0.717) is 18.0 Å². The van der Waals surface area contributed by atoms with E-state index < -0.39 is 16.1 Å². The van der Waals surface area contributed by atoms with Gasteiger partial charge in [-0.25, -0.2) is 8.42 Å². The molecule has 1 aliphatic heterocycles. The third-order valence-corrected chi connectivity index (χ3v) is 6.84. The number of nitrogens with one attached hydrogen (secondary N) is 1. The molecule has 29 heavy (non-hydrogen) atoms. The van der Waals surface area contributed by atoms with Gasteiger partial charge in [0, 0.05) is 6.54 Å². The minimum atomic E-state index is -3.69. The molecule has 0 spiro atoms. The molecule has 0 bridgehead atoms. The molecule has 1 saturated heterocycles. The van der Waals surface area contributed by atoms with E-state index in [-0.39, 0.29) is 10.9 Å². The molecule has 7 nitrogen and oxygen atoms in total. The van der Waals surface area contributed by atoms with E-state index in [0.717, 1.165) is 42.5 Å². The zero-order valence-electron chi connectivity index (χ0n) is 17.7. The normalized spacial score (nSPS) is 17.0. The highest BCUT2D eigenvalue weighted by Crippen LogP contribution is 2.31. The van der Waals surface area contributed by atoms with Crippen molar-refractivity contribution < 1.29 is 17.9 Å². The van der Waals surface area contributed by atoms with Crippen LogP contribution >= 0.6 is 11.6 Å². The number of methoxy groups -OCH3 is 1. The van der Waals surface area contributed by atoms with Crippen molar-refractivity contribution in [2.45, 2.75) is 39.2 Å². The first-order valence-corrected chi connectivity index (χ1v) is 12.2. The van der Waals surface area contributed by atoms with Crippen molar-refractivity contribution in [1.82, 2.24) is 10.2 Å². The quantitative estimate of drug-likeness (QED) is 0.591. The van der Waals surface area contributed by atoms with Gasteiger partial charge in [-0.3, -0.25) is 9.10 Å². The third kappa shape index (κ3) is 6.76. The van der Waals surface area contributed by atoms with E-state index in [1.165, 1.54) is 26.0 Å². The number of halogens is 1. The van der Waals surface area contributed by atoms with Crippen LogP contribution in [0.3, 0.4) is 0 Å². The Kier molecular flexibility index (Phi) is 8.60. The highest BCUT2D eigenvalue weighted by Gasteiger charge is 2.29. The Bertz CT molecular complexity index is 795. The van der Waals surface area contributed by atoms with Crippen LogP contribution in [0.25, 0.3) is 0 Å². The molecule has 9 heteroatoms. The molecule has 1 N–H and O–H groups in total. The second-order valence-corrected chi connectivity index (χ2v) is 9.99. The number of hydrogen-bond acceptors (Lipinski definition) is 5. The Labute approximate surface area is 179 Å². The van der Waals surface area contributed by atoms with Gasteiger partial charge in [-0.1, -0.05) is 18.5 Å². The summed E-state index contributed by atoms with van der Waals surface area (Å²) in [7, 11) is -2.20. The second kappa shape index (κ2) is 10.5. The van der Waals surface area contributed by atoms with Gasteiger partial charge in [-0.15, -0.1) is 0 Å². The molecule has 1 heterocycles. The van der Waals surface area contributed by atoms with Crippen LogP contribution in [-0.4, -0.2) is 64.8 Å². The summed E-state index contributed by atoms with van der Waals surface area (Å²) in [6.07, 6.45) is 4.35. The van der Waals surface area contributed by atoms with E-state index in [1.807, 2.05) is 0 Å². The third-order valence-electron chi connectivity index (χ3n) is 5.30. The molecule has 164 valence electrons. The van der Waals surface area contributed by atoms with Gasteiger partial charge in [0.2, 0.25) is 15.9 Å². The molecule has 0 aliphatic carbocycles. The van der Waals surface area contributed by atoms with Crippen LogP contribution in [-0.2, 0) is 14.8 Å². The largest absolute Gasteiger partial charge is 0.495 e. The molecule has 1 aromatic carbocycles. The minimum absolute atomic E-state index is 0.280. The molecule has 0 radical (unpaired) electrons. The highest BCUT2D eigenvalue weighted by molar-refractivity contribution is 7.92. The molecule has 1 fully saturated rings. The van der Waals surface area contributed by atoms with Gasteiger partial charge in [-0.05, 0) is 69.9 Å². The van der Waals surface area contributed by atoms with Crippen molar-refractivity contribution in [3.63, 3.8) is 0 Å². The number of ether oxygens (including phenoxy) is 1. The van der Waals surface area contributed by atoms with Gasteiger partial charge in [0.25, 0.3) is 0 Å². The highest BCUT2D eigenvalue weighted by atomic mass is 35.5. The van der Waals surface area contributed by atoms with Crippen LogP contribution in [0.5, 0.6) is 5.75 Å². The fourth-order valence-electron chi connectivity index (χ4n) is 3.55. The van der Waals surface area contributed by atoms with Crippen molar-refractivity contribution in [3.05, 3.63) is 23.2 Å². The lowest BCUT2D eigenvalue weighted by molar-refractivity contribution is -0.121. The zero-order valence-corrected chi connectivity index (χ0v) is 19.2. The van der Waals surface area contributed by atoms with E-state index >= 15 is 0 Å². The van der Waals surface area contributed by atoms with E-state index in [4.69, 9.17) is 16.3 Å². The summed E-state index contributed by atoms with van der Waals surface area (Å²) in [6, 6.07) is 3.75. The van der Waals surface area contributed by atoms with E-state index in [9.17, 15) is 13.2 Å². The van der Waals surface area contributed by atoms with Gasteiger partial charge in [-0.2, -0.15) is 0 Å². The average molecular weight is 446 g/mol. The first kappa shape index (κ1) is 23.8. The number of hydrogen-bond donors (Lipinski definition) is 1. The molecule has 0 saturated carbocycles. The second-order valence-electron chi connectivity index (χ2n) is 7.72. The number of anilines is 1. The van der Waals surface area contributed by atoms with Gasteiger partial charge < -0.3 is 15.0 Å². The fourth-order valence-corrected chi connectivity index (χ4v) is 4.97. The molecule has 1 aromatic rings. The Morgan fingerprint density at radius 1 is 1.38 bits per heavy atom. The van der Waals surface area contributed by atoms with Crippen molar-refractivity contribution >= 4 is 33.2 Å². The molecule has 1 atom stereocenters. The fraction of sp³-hybridized carbons (Fsp3) is 0.650. The number of amides is 1. The predicted octanol–water partition coefficient (Wildman–Crippen LogP) is 2.74. The first-order valence-electron chi connectivity index (χ1n) is 9.96. The predicted molar refractivity (Wildman–Crippen MR) is 117 cm³/mol. The summed E-state index contributed by atoms with van der Waals surface area (Å²) in [5.41, 5.74) is 0.323. The van der Waals surface area contributed by atoms with Crippen molar-refractivity contribution in [2.24, 2.45) is 5.92 Å². The maximum atomic E-state index is 12.6. The molecular weight excluding hydrogens is 414 g/mol. The Morgan fingerprint density at radius 2 is 2.03 bits per heavy atom. The van der Waals surface area contributed by atoms with Gasteiger partial charge in [0.05, 0.1) is 24.1 Å². The zero-order chi connectivity index (χ0) is 21.6. The maximum absolute atomic E-state index is 12.6. The van der Waals surface area contributed by atoms with E-state index in [2.05, 4.69) is 17.1 Å². The number of nitrogens with zero attached hydrogens (tertiary/aromatic N) is 2. The standard InChI is InChI=1S/C20H32ClN3O4S/c1-15-8-12-23(13-9-15)11-5-10-22-20(25)16(2)24(29(4,26)27)17-6-7-19(28-3)18(21)14-17/h6-7,14-16H,5,8-13H2,1-4H3,(H,22,25)/t16-/m0/s1. The van der Waals surface area contributed by atoms with Crippen molar-refractivity contribution in [1.29, 1.82) is 0 Å². The van der Waals surface area contributed by atoms with Gasteiger partial charge in [0.1, 0.15) is 11.8 Å². The Hall–Kier alpha value is -1.51. The Morgan fingerprint density at radius 3 is 2.59 bits per heavy atom. The smallest absolute Gasteiger partial charge is 0.243 e. The number of sulfonamides is 1. The summed E-state index contributed by atoms with van der Waals surface area (Å²) in [5, 5.41) is 3.14. The van der Waals surface area contributed by atoms with Crippen LogP contribution in [0.1, 0.15) is 33.1 Å². The average Bonchev–Trinajstić information content (AvgIpc) is 2.65. The Balaban J connectivity index is 1.95. The summed E-state index contributed by atoms with van der Waals surface area (Å²) < 4.78 is 30.9. The molecule has 1 amide bonds. The molecule has 2 rings (SSSR count). The number of carbonyl (C=O) groups is 1. The lowest BCUT2D eigenvalue weighted by Crippen LogP contribution is -2.48. The lowest BCUT2D eigenvalue weighted by atomic mass is 9.99. The van der Waals surface area contributed by atoms with Crippen LogP contribution < -0.4 is 14.4 Å².